The lowest BCUT2D eigenvalue weighted by atomic mass is 10.0. The average molecular weight is 406 g/mol. The molecule has 4 rings (SSSR count). The van der Waals surface area contributed by atoms with E-state index in [2.05, 4.69) is 4.98 Å². The molecule has 0 unspecified atom stereocenters. The molecule has 30 heavy (non-hydrogen) atoms. The van der Waals surface area contributed by atoms with Crippen molar-refractivity contribution in [3.63, 3.8) is 0 Å². The van der Waals surface area contributed by atoms with Gasteiger partial charge in [0.1, 0.15) is 12.0 Å². The number of hydrogen-bond acceptors (Lipinski definition) is 6. The number of aryl methyl sites for hydroxylation is 1. The van der Waals surface area contributed by atoms with Gasteiger partial charge in [0, 0.05) is 17.8 Å². The van der Waals surface area contributed by atoms with Gasteiger partial charge < -0.3 is 18.8 Å². The van der Waals surface area contributed by atoms with E-state index in [0.717, 1.165) is 35.4 Å². The molecular formula is C23H22N2O5. The number of aromatic nitrogens is 1. The first-order chi connectivity index (χ1) is 14.6. The van der Waals surface area contributed by atoms with Gasteiger partial charge >= 0.3 is 5.97 Å². The van der Waals surface area contributed by atoms with Crippen LogP contribution in [0.4, 0.5) is 5.69 Å². The van der Waals surface area contributed by atoms with Crippen molar-refractivity contribution >= 4 is 17.6 Å². The summed E-state index contributed by atoms with van der Waals surface area (Å²) >= 11 is 0. The summed E-state index contributed by atoms with van der Waals surface area (Å²) in [4.78, 5) is 30.8. The Morgan fingerprint density at radius 1 is 1.17 bits per heavy atom. The number of anilines is 1. The molecule has 1 aromatic heterocycles. The van der Waals surface area contributed by atoms with Crippen molar-refractivity contribution < 1.29 is 23.5 Å². The van der Waals surface area contributed by atoms with Gasteiger partial charge in [-0.1, -0.05) is 18.2 Å². The standard InChI is InChI=1S/C23H22N2O5/c1-28-19-9-10-20-17(12-19)8-5-11-25(20)21(26)15-29-22(27)13-18-14-30-23(24-18)16-6-3-2-4-7-16/h2-4,6-7,9-10,12,14H,5,8,11,13,15H2,1H3. The monoisotopic (exact) mass is 406 g/mol. The van der Waals surface area contributed by atoms with Crippen molar-refractivity contribution in [1.82, 2.24) is 4.98 Å². The van der Waals surface area contributed by atoms with E-state index >= 15 is 0 Å². The van der Waals surface area contributed by atoms with Gasteiger partial charge in [-0.15, -0.1) is 0 Å². The second-order valence-corrected chi connectivity index (χ2v) is 6.99. The molecule has 1 amide bonds. The third kappa shape index (κ3) is 4.35. The van der Waals surface area contributed by atoms with Gasteiger partial charge in [-0.25, -0.2) is 4.98 Å². The number of carbonyl (C=O) groups excluding carboxylic acids is 2. The average Bonchev–Trinajstić information content (AvgIpc) is 3.25. The highest BCUT2D eigenvalue weighted by Crippen LogP contribution is 2.30. The van der Waals surface area contributed by atoms with Crippen molar-refractivity contribution in [3.8, 4) is 17.2 Å². The minimum Gasteiger partial charge on any atom is -0.497 e. The fourth-order valence-electron chi connectivity index (χ4n) is 3.48. The highest BCUT2D eigenvalue weighted by Gasteiger charge is 2.24. The summed E-state index contributed by atoms with van der Waals surface area (Å²) in [6.07, 6.45) is 3.10. The highest BCUT2D eigenvalue weighted by molar-refractivity contribution is 5.96. The summed E-state index contributed by atoms with van der Waals surface area (Å²) in [6, 6.07) is 15.0. The number of hydrogen-bond donors (Lipinski definition) is 0. The number of esters is 1. The predicted octanol–water partition coefficient (Wildman–Crippen LogP) is 3.42. The molecule has 3 aromatic rings. The van der Waals surface area contributed by atoms with Crippen LogP contribution in [0.5, 0.6) is 5.75 Å². The summed E-state index contributed by atoms with van der Waals surface area (Å²) in [5, 5.41) is 0. The second kappa shape index (κ2) is 8.82. The summed E-state index contributed by atoms with van der Waals surface area (Å²) < 4.78 is 15.9. The van der Waals surface area contributed by atoms with Crippen molar-refractivity contribution in [2.75, 3.05) is 25.2 Å². The topological polar surface area (TPSA) is 81.9 Å². The molecule has 0 aliphatic carbocycles. The van der Waals surface area contributed by atoms with Crippen molar-refractivity contribution in [1.29, 1.82) is 0 Å². The van der Waals surface area contributed by atoms with Gasteiger partial charge in [-0.2, -0.15) is 0 Å². The Labute approximate surface area is 174 Å². The molecular weight excluding hydrogens is 384 g/mol. The van der Waals surface area contributed by atoms with E-state index in [4.69, 9.17) is 13.9 Å². The predicted molar refractivity (Wildman–Crippen MR) is 110 cm³/mol. The molecule has 1 aliphatic heterocycles. The maximum absolute atomic E-state index is 12.6. The molecule has 2 aromatic carbocycles. The second-order valence-electron chi connectivity index (χ2n) is 6.99. The summed E-state index contributed by atoms with van der Waals surface area (Å²) in [5.74, 6) is 0.426. The molecule has 0 N–H and O–H groups in total. The minimum absolute atomic E-state index is 0.0581. The maximum atomic E-state index is 12.6. The van der Waals surface area contributed by atoms with Gasteiger partial charge in [0.2, 0.25) is 5.89 Å². The molecule has 7 heteroatoms. The number of nitrogens with zero attached hydrogens (tertiary/aromatic N) is 2. The summed E-state index contributed by atoms with van der Waals surface area (Å²) in [5.41, 5.74) is 3.18. The van der Waals surface area contributed by atoms with E-state index in [1.54, 1.807) is 12.0 Å². The zero-order valence-electron chi connectivity index (χ0n) is 16.7. The fraction of sp³-hybridized carbons (Fsp3) is 0.261. The van der Waals surface area contributed by atoms with Gasteiger partial charge in [0.15, 0.2) is 6.61 Å². The van der Waals surface area contributed by atoms with Crippen molar-refractivity contribution in [2.45, 2.75) is 19.3 Å². The summed E-state index contributed by atoms with van der Waals surface area (Å²) in [7, 11) is 1.62. The molecule has 1 aliphatic rings. The normalized spacial score (nSPS) is 12.9. The Kier molecular flexibility index (Phi) is 5.79. The molecule has 0 atom stereocenters. The maximum Gasteiger partial charge on any atom is 0.312 e. The molecule has 2 heterocycles. The number of carbonyl (C=O) groups is 2. The van der Waals surface area contributed by atoms with E-state index in [-0.39, 0.29) is 18.9 Å². The lowest BCUT2D eigenvalue weighted by molar-refractivity contribution is -0.147. The fourth-order valence-corrected chi connectivity index (χ4v) is 3.48. The lowest BCUT2D eigenvalue weighted by Crippen LogP contribution is -2.38. The quantitative estimate of drug-likeness (QED) is 0.584. The first-order valence-electron chi connectivity index (χ1n) is 9.77. The Bertz CT molecular complexity index is 1040. The van der Waals surface area contributed by atoms with Gasteiger partial charge in [0.25, 0.3) is 5.91 Å². The molecule has 0 saturated heterocycles. The van der Waals surface area contributed by atoms with Crippen LogP contribution in [0.3, 0.4) is 0 Å². The van der Waals surface area contributed by atoms with Crippen LogP contribution in [-0.2, 0) is 27.2 Å². The Morgan fingerprint density at radius 3 is 2.80 bits per heavy atom. The molecule has 0 saturated carbocycles. The Hall–Kier alpha value is -3.61. The van der Waals surface area contributed by atoms with Crippen LogP contribution in [0, 0.1) is 0 Å². The molecule has 0 fully saturated rings. The van der Waals surface area contributed by atoms with Crippen LogP contribution in [0.2, 0.25) is 0 Å². The smallest absolute Gasteiger partial charge is 0.312 e. The Morgan fingerprint density at radius 2 is 2.00 bits per heavy atom. The number of benzene rings is 2. The van der Waals surface area contributed by atoms with E-state index < -0.39 is 5.97 Å². The number of oxazole rings is 1. The SMILES string of the molecule is COc1ccc2c(c1)CCCN2C(=O)COC(=O)Cc1coc(-c2ccccc2)n1. The summed E-state index contributed by atoms with van der Waals surface area (Å²) in [6.45, 7) is 0.285. The molecule has 0 radical (unpaired) electrons. The van der Waals surface area contributed by atoms with E-state index in [1.807, 2.05) is 48.5 Å². The number of rotatable bonds is 6. The van der Waals surface area contributed by atoms with Crippen molar-refractivity contribution in [2.24, 2.45) is 0 Å². The molecule has 7 nitrogen and oxygen atoms in total. The van der Waals surface area contributed by atoms with Crippen LogP contribution in [0.25, 0.3) is 11.5 Å². The van der Waals surface area contributed by atoms with Gasteiger partial charge in [-0.05, 0) is 48.7 Å². The number of fused-ring (bicyclic) bond motifs is 1. The Balaban J connectivity index is 1.34. The zero-order chi connectivity index (χ0) is 20.9. The van der Waals surface area contributed by atoms with Crippen LogP contribution < -0.4 is 9.64 Å². The molecule has 0 bridgehead atoms. The van der Waals surface area contributed by atoms with Crippen LogP contribution in [0.15, 0.2) is 59.2 Å². The lowest BCUT2D eigenvalue weighted by Gasteiger charge is -2.29. The zero-order valence-corrected chi connectivity index (χ0v) is 16.7. The van der Waals surface area contributed by atoms with E-state index in [0.29, 0.717) is 18.1 Å². The number of methoxy groups -OCH3 is 1. The third-order valence-electron chi connectivity index (χ3n) is 4.96. The van der Waals surface area contributed by atoms with Crippen LogP contribution in [0.1, 0.15) is 17.7 Å². The minimum atomic E-state index is -0.525. The van der Waals surface area contributed by atoms with Crippen LogP contribution in [-0.4, -0.2) is 37.1 Å². The first-order valence-corrected chi connectivity index (χ1v) is 9.77. The van der Waals surface area contributed by atoms with Crippen molar-refractivity contribution in [3.05, 3.63) is 66.1 Å². The van der Waals surface area contributed by atoms with E-state index in [9.17, 15) is 9.59 Å². The largest absolute Gasteiger partial charge is 0.497 e. The number of ether oxygens (including phenoxy) is 2. The molecule has 0 spiro atoms. The van der Waals surface area contributed by atoms with E-state index in [1.165, 1.54) is 6.26 Å². The number of amides is 1. The first kappa shape index (κ1) is 19.7. The highest BCUT2D eigenvalue weighted by atomic mass is 16.5. The van der Waals surface area contributed by atoms with Gasteiger partial charge in [0.05, 0.1) is 19.2 Å². The molecule has 154 valence electrons. The van der Waals surface area contributed by atoms with Gasteiger partial charge in [-0.3, -0.25) is 9.59 Å². The van der Waals surface area contributed by atoms with Crippen LogP contribution >= 0.6 is 0 Å². The third-order valence-corrected chi connectivity index (χ3v) is 4.96.